The van der Waals surface area contributed by atoms with Crippen molar-refractivity contribution in [1.82, 2.24) is 10.3 Å². The Balaban J connectivity index is 2.86. The smallest absolute Gasteiger partial charge is 0.141 e. The molecule has 0 radical (unpaired) electrons. The molecule has 1 N–H and O–H groups in total. The molecule has 0 bridgehead atoms. The monoisotopic (exact) mass is 154 g/mol. The van der Waals surface area contributed by atoms with Crippen LogP contribution in [-0.4, -0.2) is 12.0 Å². The molecule has 1 atom stereocenters. The Bertz CT molecular complexity index is 237. The number of nitrogens with one attached hydrogen (secondary N) is 1. The van der Waals surface area contributed by atoms with E-state index in [9.17, 15) is 4.39 Å². The quantitative estimate of drug-likeness (QED) is 0.698. The van der Waals surface area contributed by atoms with Gasteiger partial charge in [0.2, 0.25) is 0 Å². The highest BCUT2D eigenvalue weighted by atomic mass is 19.1. The Morgan fingerprint density at radius 1 is 1.55 bits per heavy atom. The summed E-state index contributed by atoms with van der Waals surface area (Å²) in [4.78, 5) is 3.74. The van der Waals surface area contributed by atoms with Crippen LogP contribution >= 0.6 is 0 Å². The molecule has 0 saturated carbocycles. The summed E-state index contributed by atoms with van der Waals surface area (Å²) < 4.78 is 12.6. The highest BCUT2D eigenvalue weighted by Gasteiger charge is 2.02. The summed E-state index contributed by atoms with van der Waals surface area (Å²) in [5.74, 6) is -0.287. The molecule has 0 spiro atoms. The van der Waals surface area contributed by atoms with Crippen LogP contribution in [0.4, 0.5) is 4.39 Å². The first-order chi connectivity index (χ1) is 5.24. The lowest BCUT2D eigenvalue weighted by Crippen LogP contribution is -2.12. The van der Waals surface area contributed by atoms with Crippen molar-refractivity contribution in [3.05, 3.63) is 29.8 Å². The van der Waals surface area contributed by atoms with E-state index in [1.807, 2.05) is 14.0 Å². The van der Waals surface area contributed by atoms with Gasteiger partial charge in [-0.2, -0.15) is 0 Å². The van der Waals surface area contributed by atoms with Crippen molar-refractivity contribution in [3.8, 4) is 0 Å². The van der Waals surface area contributed by atoms with Crippen LogP contribution in [0.15, 0.2) is 18.5 Å². The van der Waals surface area contributed by atoms with E-state index in [0.717, 1.165) is 5.56 Å². The molecule has 0 aromatic carbocycles. The predicted molar refractivity (Wildman–Crippen MR) is 41.7 cm³/mol. The summed E-state index contributed by atoms with van der Waals surface area (Å²) in [5, 5.41) is 3.00. The minimum atomic E-state index is -0.287. The van der Waals surface area contributed by atoms with Gasteiger partial charge >= 0.3 is 0 Å². The number of pyridine rings is 1. The number of hydrogen-bond donors (Lipinski definition) is 1. The Morgan fingerprint density at radius 3 is 2.82 bits per heavy atom. The molecule has 1 aromatic rings. The van der Waals surface area contributed by atoms with Crippen molar-refractivity contribution in [2.45, 2.75) is 13.0 Å². The van der Waals surface area contributed by atoms with Crippen LogP contribution in [0.25, 0.3) is 0 Å². The molecule has 1 rings (SSSR count). The number of halogens is 1. The lowest BCUT2D eigenvalue weighted by molar-refractivity contribution is 0.600. The Hall–Kier alpha value is -0.960. The Kier molecular flexibility index (Phi) is 2.54. The molecule has 0 aliphatic rings. The molecular formula is C8H11FN2. The summed E-state index contributed by atoms with van der Waals surface area (Å²) in [7, 11) is 1.83. The molecule has 11 heavy (non-hydrogen) atoms. The molecule has 0 saturated heterocycles. The Labute approximate surface area is 65.5 Å². The largest absolute Gasteiger partial charge is 0.313 e. The van der Waals surface area contributed by atoms with E-state index in [-0.39, 0.29) is 11.9 Å². The van der Waals surface area contributed by atoms with Gasteiger partial charge in [-0.1, -0.05) is 0 Å². The Morgan fingerprint density at radius 2 is 2.27 bits per heavy atom. The van der Waals surface area contributed by atoms with Gasteiger partial charge in [0.1, 0.15) is 5.82 Å². The molecular weight excluding hydrogens is 143 g/mol. The van der Waals surface area contributed by atoms with Crippen LogP contribution in [-0.2, 0) is 0 Å². The maximum absolute atomic E-state index is 12.6. The highest BCUT2D eigenvalue weighted by Crippen LogP contribution is 2.10. The normalized spacial score (nSPS) is 13.0. The van der Waals surface area contributed by atoms with E-state index < -0.39 is 0 Å². The van der Waals surface area contributed by atoms with Crippen molar-refractivity contribution >= 4 is 0 Å². The number of nitrogens with zero attached hydrogens (tertiary/aromatic N) is 1. The molecule has 1 heterocycles. The van der Waals surface area contributed by atoms with Crippen molar-refractivity contribution in [3.63, 3.8) is 0 Å². The van der Waals surface area contributed by atoms with E-state index >= 15 is 0 Å². The maximum atomic E-state index is 12.6. The summed E-state index contributed by atoms with van der Waals surface area (Å²) in [6.07, 6.45) is 2.86. The SMILES string of the molecule is CNC(C)c1cncc(F)c1. The summed E-state index contributed by atoms with van der Waals surface area (Å²) in [6.45, 7) is 1.95. The van der Waals surface area contributed by atoms with Crippen molar-refractivity contribution in [1.29, 1.82) is 0 Å². The lowest BCUT2D eigenvalue weighted by Gasteiger charge is -2.08. The van der Waals surface area contributed by atoms with E-state index in [4.69, 9.17) is 0 Å². The summed E-state index contributed by atoms with van der Waals surface area (Å²) in [5.41, 5.74) is 0.868. The molecule has 1 aromatic heterocycles. The summed E-state index contributed by atoms with van der Waals surface area (Å²) in [6, 6.07) is 1.63. The lowest BCUT2D eigenvalue weighted by atomic mass is 10.1. The van der Waals surface area contributed by atoms with Crippen LogP contribution in [0, 0.1) is 5.82 Å². The number of aromatic nitrogens is 1. The predicted octanol–water partition coefficient (Wildman–Crippen LogP) is 1.50. The zero-order valence-electron chi connectivity index (χ0n) is 6.63. The van der Waals surface area contributed by atoms with Gasteiger partial charge in [-0.15, -0.1) is 0 Å². The average Bonchev–Trinajstić information content (AvgIpc) is 2.03. The molecule has 0 fully saturated rings. The molecule has 0 aliphatic heterocycles. The minimum absolute atomic E-state index is 0.151. The van der Waals surface area contributed by atoms with E-state index in [1.165, 1.54) is 12.3 Å². The second kappa shape index (κ2) is 3.44. The van der Waals surface area contributed by atoms with Crippen molar-refractivity contribution in [2.24, 2.45) is 0 Å². The standard InChI is InChI=1S/C8H11FN2/c1-6(10-2)7-3-8(9)5-11-4-7/h3-6,10H,1-2H3. The molecule has 0 amide bonds. The van der Waals surface area contributed by atoms with Gasteiger partial charge in [-0.25, -0.2) is 4.39 Å². The highest BCUT2D eigenvalue weighted by molar-refractivity contribution is 5.13. The van der Waals surface area contributed by atoms with Crippen LogP contribution in [0.1, 0.15) is 18.5 Å². The summed E-state index contributed by atoms with van der Waals surface area (Å²) >= 11 is 0. The third-order valence-electron chi connectivity index (χ3n) is 1.66. The van der Waals surface area contributed by atoms with Gasteiger partial charge in [-0.3, -0.25) is 4.98 Å². The fourth-order valence-electron chi connectivity index (χ4n) is 0.832. The van der Waals surface area contributed by atoms with Crippen LogP contribution < -0.4 is 5.32 Å². The van der Waals surface area contributed by atoms with Gasteiger partial charge in [-0.05, 0) is 25.6 Å². The third-order valence-corrected chi connectivity index (χ3v) is 1.66. The van der Waals surface area contributed by atoms with E-state index in [2.05, 4.69) is 10.3 Å². The van der Waals surface area contributed by atoms with Gasteiger partial charge < -0.3 is 5.32 Å². The second-order valence-electron chi connectivity index (χ2n) is 2.45. The molecule has 60 valence electrons. The molecule has 0 aliphatic carbocycles. The van der Waals surface area contributed by atoms with Crippen molar-refractivity contribution in [2.75, 3.05) is 7.05 Å². The molecule has 3 heteroatoms. The molecule has 2 nitrogen and oxygen atoms in total. The first kappa shape index (κ1) is 8.14. The zero-order chi connectivity index (χ0) is 8.27. The van der Waals surface area contributed by atoms with Crippen LogP contribution in [0.3, 0.4) is 0 Å². The topological polar surface area (TPSA) is 24.9 Å². The first-order valence-corrected chi connectivity index (χ1v) is 3.51. The molecule has 1 unspecified atom stereocenters. The minimum Gasteiger partial charge on any atom is -0.313 e. The number of hydrogen-bond acceptors (Lipinski definition) is 2. The van der Waals surface area contributed by atoms with Gasteiger partial charge in [0.25, 0.3) is 0 Å². The van der Waals surface area contributed by atoms with Crippen LogP contribution in [0.2, 0.25) is 0 Å². The van der Waals surface area contributed by atoms with Gasteiger partial charge in [0.05, 0.1) is 6.20 Å². The second-order valence-corrected chi connectivity index (χ2v) is 2.45. The number of rotatable bonds is 2. The maximum Gasteiger partial charge on any atom is 0.141 e. The van der Waals surface area contributed by atoms with Crippen molar-refractivity contribution < 1.29 is 4.39 Å². The zero-order valence-corrected chi connectivity index (χ0v) is 6.63. The van der Waals surface area contributed by atoms with Crippen LogP contribution in [0.5, 0.6) is 0 Å². The first-order valence-electron chi connectivity index (χ1n) is 3.51. The van der Waals surface area contributed by atoms with Gasteiger partial charge in [0, 0.05) is 12.2 Å². The van der Waals surface area contributed by atoms with Gasteiger partial charge in [0.15, 0.2) is 0 Å². The van der Waals surface area contributed by atoms with E-state index in [1.54, 1.807) is 6.20 Å². The average molecular weight is 154 g/mol. The fraction of sp³-hybridized carbons (Fsp3) is 0.375. The van der Waals surface area contributed by atoms with E-state index in [0.29, 0.717) is 0 Å². The fourth-order valence-corrected chi connectivity index (χ4v) is 0.832. The third kappa shape index (κ3) is 1.98.